The molecule has 0 aliphatic heterocycles. The topological polar surface area (TPSA) is 37.4 Å². The zero-order chi connectivity index (χ0) is 15.6. The molecule has 7 heteroatoms. The Kier molecular flexibility index (Phi) is 5.03. The Balaban J connectivity index is 2.37. The van der Waals surface area contributed by atoms with Crippen molar-refractivity contribution in [1.82, 2.24) is 4.31 Å². The van der Waals surface area contributed by atoms with Gasteiger partial charge in [-0.05, 0) is 36.1 Å². The Morgan fingerprint density at radius 1 is 1.38 bits per heavy atom. The molecule has 0 radical (unpaired) electrons. The monoisotopic (exact) mass is 347 g/mol. The molecule has 0 unspecified atom stereocenters. The minimum atomic E-state index is -3.67. The predicted octanol–water partition coefficient (Wildman–Crippen LogP) is 3.76. The fourth-order valence-corrected chi connectivity index (χ4v) is 4.26. The lowest BCUT2D eigenvalue weighted by atomic mass is 10.1. The summed E-state index contributed by atoms with van der Waals surface area (Å²) in [6.45, 7) is 1.82. The van der Waals surface area contributed by atoms with Gasteiger partial charge in [-0.25, -0.2) is 12.8 Å². The van der Waals surface area contributed by atoms with Crippen LogP contribution in [0.15, 0.2) is 34.5 Å². The summed E-state index contributed by atoms with van der Waals surface area (Å²) < 4.78 is 40.1. The van der Waals surface area contributed by atoms with E-state index in [4.69, 9.17) is 11.6 Å². The second kappa shape index (κ2) is 6.44. The zero-order valence-corrected chi connectivity index (χ0v) is 14.0. The van der Waals surface area contributed by atoms with Gasteiger partial charge in [-0.15, -0.1) is 22.9 Å². The Bertz CT molecular complexity index is 730. The molecule has 0 N–H and O–H groups in total. The summed E-state index contributed by atoms with van der Waals surface area (Å²) in [7, 11) is -2.16. The Morgan fingerprint density at radius 2 is 2.10 bits per heavy atom. The van der Waals surface area contributed by atoms with Crippen molar-refractivity contribution >= 4 is 33.0 Å². The molecule has 0 bridgehead atoms. The van der Waals surface area contributed by atoms with Crippen molar-refractivity contribution in [2.45, 2.75) is 24.2 Å². The Hall–Kier alpha value is -0.950. The maximum atomic E-state index is 13.8. The number of alkyl halides is 1. The molecule has 2 aromatic rings. The van der Waals surface area contributed by atoms with E-state index in [1.54, 1.807) is 0 Å². The summed E-state index contributed by atoms with van der Waals surface area (Å²) in [6, 6.07) is 6.38. The number of sulfonamides is 1. The maximum absolute atomic E-state index is 13.8. The van der Waals surface area contributed by atoms with E-state index in [9.17, 15) is 12.8 Å². The number of thiophene rings is 1. The highest BCUT2D eigenvalue weighted by Gasteiger charge is 2.23. The van der Waals surface area contributed by atoms with E-state index in [0.29, 0.717) is 0 Å². The summed E-state index contributed by atoms with van der Waals surface area (Å²) in [5.41, 5.74) is 0.469. The molecule has 0 saturated heterocycles. The van der Waals surface area contributed by atoms with E-state index >= 15 is 0 Å². The number of benzene rings is 1. The normalized spacial score (nSPS) is 12.0. The van der Waals surface area contributed by atoms with Crippen LogP contribution in [-0.2, 0) is 22.4 Å². The lowest BCUT2D eigenvalue weighted by molar-refractivity contribution is 0.469. The Labute approximate surface area is 133 Å². The first kappa shape index (κ1) is 16.4. The molecule has 0 saturated carbocycles. The second-order valence-electron chi connectivity index (χ2n) is 4.69. The Morgan fingerprint density at radius 3 is 2.67 bits per heavy atom. The molecule has 2 rings (SSSR count). The van der Waals surface area contributed by atoms with Crippen molar-refractivity contribution in [3.05, 3.63) is 51.5 Å². The number of aryl methyl sites for hydroxylation is 1. The van der Waals surface area contributed by atoms with Crippen LogP contribution in [0.25, 0.3) is 0 Å². The highest BCUT2D eigenvalue weighted by molar-refractivity contribution is 7.89. The summed E-state index contributed by atoms with van der Waals surface area (Å²) in [4.78, 5) is 1.01. The van der Waals surface area contributed by atoms with Gasteiger partial charge in [-0.1, -0.05) is 6.07 Å². The first-order chi connectivity index (χ1) is 9.86. The lowest BCUT2D eigenvalue weighted by Crippen LogP contribution is -2.26. The molecule has 0 amide bonds. The van der Waals surface area contributed by atoms with Crippen LogP contribution in [0, 0.1) is 12.7 Å². The van der Waals surface area contributed by atoms with Crippen LogP contribution in [0.2, 0.25) is 0 Å². The lowest BCUT2D eigenvalue weighted by Gasteiger charge is -2.17. The van der Waals surface area contributed by atoms with Gasteiger partial charge in [0.05, 0.1) is 10.8 Å². The molecule has 21 heavy (non-hydrogen) atoms. The molecule has 1 heterocycles. The molecule has 0 aliphatic rings. The van der Waals surface area contributed by atoms with E-state index in [-0.39, 0.29) is 28.4 Å². The molecule has 3 nitrogen and oxygen atoms in total. The van der Waals surface area contributed by atoms with Crippen LogP contribution in [0.4, 0.5) is 4.39 Å². The summed E-state index contributed by atoms with van der Waals surface area (Å²) in [6.07, 6.45) is 0. The van der Waals surface area contributed by atoms with E-state index in [1.165, 1.54) is 41.7 Å². The van der Waals surface area contributed by atoms with Crippen LogP contribution in [0.3, 0.4) is 0 Å². The van der Waals surface area contributed by atoms with Gasteiger partial charge in [0.1, 0.15) is 5.82 Å². The minimum absolute atomic E-state index is 0.0648. The SMILES string of the molecule is Cc1cc(S(=O)(=O)N(C)Cc2cccs2)cc(CCl)c1F. The van der Waals surface area contributed by atoms with Crippen molar-refractivity contribution in [3.8, 4) is 0 Å². The molecule has 0 spiro atoms. The van der Waals surface area contributed by atoms with Crippen molar-refractivity contribution < 1.29 is 12.8 Å². The molecule has 1 aromatic carbocycles. The van der Waals surface area contributed by atoms with Gasteiger partial charge in [-0.3, -0.25) is 0 Å². The minimum Gasteiger partial charge on any atom is -0.207 e. The van der Waals surface area contributed by atoms with Gasteiger partial charge in [0, 0.05) is 24.0 Å². The fourth-order valence-electron chi connectivity index (χ4n) is 1.94. The van der Waals surface area contributed by atoms with Crippen molar-refractivity contribution in [2.75, 3.05) is 7.05 Å². The van der Waals surface area contributed by atoms with Crippen LogP contribution in [0.1, 0.15) is 16.0 Å². The molecule has 1 aromatic heterocycles. The van der Waals surface area contributed by atoms with Crippen LogP contribution < -0.4 is 0 Å². The van der Waals surface area contributed by atoms with Gasteiger partial charge >= 0.3 is 0 Å². The first-order valence-corrected chi connectivity index (χ1v) is 9.05. The number of hydrogen-bond donors (Lipinski definition) is 0. The summed E-state index contributed by atoms with van der Waals surface area (Å²) in [5, 5.41) is 1.89. The molecule has 114 valence electrons. The standard InChI is InChI=1S/C14H15ClFNO2S2/c1-10-6-13(7-11(8-15)14(10)16)21(18,19)17(2)9-12-4-3-5-20-12/h3-7H,8-9H2,1-2H3. The smallest absolute Gasteiger partial charge is 0.207 e. The molecular formula is C14H15ClFNO2S2. The largest absolute Gasteiger partial charge is 0.243 e. The number of hydrogen-bond acceptors (Lipinski definition) is 3. The van der Waals surface area contributed by atoms with Gasteiger partial charge in [0.15, 0.2) is 0 Å². The second-order valence-corrected chi connectivity index (χ2v) is 8.03. The third kappa shape index (κ3) is 3.45. The summed E-state index contributed by atoms with van der Waals surface area (Å²) >= 11 is 7.16. The quantitative estimate of drug-likeness (QED) is 0.772. The third-order valence-corrected chi connectivity index (χ3v) is 6.04. The molecule has 0 atom stereocenters. The van der Waals surface area contributed by atoms with E-state index in [2.05, 4.69) is 0 Å². The predicted molar refractivity (Wildman–Crippen MR) is 83.7 cm³/mol. The maximum Gasteiger partial charge on any atom is 0.243 e. The third-order valence-electron chi connectivity index (χ3n) is 3.11. The van der Waals surface area contributed by atoms with Crippen LogP contribution >= 0.6 is 22.9 Å². The first-order valence-electron chi connectivity index (χ1n) is 6.20. The van der Waals surface area contributed by atoms with E-state index in [1.807, 2.05) is 17.5 Å². The van der Waals surface area contributed by atoms with Gasteiger partial charge in [0.25, 0.3) is 0 Å². The van der Waals surface area contributed by atoms with E-state index < -0.39 is 15.8 Å². The highest BCUT2D eigenvalue weighted by Crippen LogP contribution is 2.24. The fraction of sp³-hybridized carbons (Fsp3) is 0.286. The van der Waals surface area contributed by atoms with Crippen LogP contribution in [0.5, 0.6) is 0 Å². The number of rotatable bonds is 5. The van der Waals surface area contributed by atoms with Crippen molar-refractivity contribution in [3.63, 3.8) is 0 Å². The average Bonchev–Trinajstić information content (AvgIpc) is 2.94. The average molecular weight is 348 g/mol. The van der Waals surface area contributed by atoms with Gasteiger partial charge < -0.3 is 0 Å². The highest BCUT2D eigenvalue weighted by atomic mass is 35.5. The number of halogens is 2. The van der Waals surface area contributed by atoms with Gasteiger partial charge in [0.2, 0.25) is 10.0 Å². The van der Waals surface area contributed by atoms with Crippen molar-refractivity contribution in [2.24, 2.45) is 0 Å². The molecular weight excluding hydrogens is 333 g/mol. The zero-order valence-electron chi connectivity index (χ0n) is 11.6. The van der Waals surface area contributed by atoms with Crippen LogP contribution in [-0.4, -0.2) is 19.8 Å². The number of nitrogens with zero attached hydrogens (tertiary/aromatic N) is 1. The molecule has 0 aliphatic carbocycles. The molecule has 0 fully saturated rings. The van der Waals surface area contributed by atoms with E-state index in [0.717, 1.165) is 4.88 Å². The van der Waals surface area contributed by atoms with Crippen molar-refractivity contribution in [1.29, 1.82) is 0 Å². The van der Waals surface area contributed by atoms with Gasteiger partial charge in [-0.2, -0.15) is 4.31 Å². The summed E-state index contributed by atoms with van der Waals surface area (Å²) in [5.74, 6) is -0.519.